The van der Waals surface area contributed by atoms with Crippen molar-refractivity contribution in [3.8, 4) is 5.75 Å². The number of hydrogen-bond donors (Lipinski definition) is 3. The first kappa shape index (κ1) is 16.8. The van der Waals surface area contributed by atoms with Gasteiger partial charge < -0.3 is 20.5 Å². The number of rotatable bonds is 6. The highest BCUT2D eigenvalue weighted by molar-refractivity contribution is 5.92. The molecule has 5 N–H and O–H groups in total. The van der Waals surface area contributed by atoms with E-state index in [2.05, 4.69) is 15.2 Å². The van der Waals surface area contributed by atoms with Crippen molar-refractivity contribution in [1.82, 2.24) is 10.2 Å². The second-order valence-corrected chi connectivity index (χ2v) is 5.96. The van der Waals surface area contributed by atoms with Gasteiger partial charge in [-0.1, -0.05) is 0 Å². The first-order chi connectivity index (χ1) is 11.7. The van der Waals surface area contributed by atoms with Gasteiger partial charge in [0.15, 0.2) is 0 Å². The number of benzene rings is 1. The highest BCUT2D eigenvalue weighted by Crippen LogP contribution is 2.22. The molecule has 2 aliphatic heterocycles. The second-order valence-electron chi connectivity index (χ2n) is 5.96. The first-order valence-electron chi connectivity index (χ1n) is 8.28. The Morgan fingerprint density at radius 3 is 2.71 bits per heavy atom. The topological polar surface area (TPSA) is 98.1 Å². The molecule has 0 amide bonds. The molecular formula is C17H25N5O2. The van der Waals surface area contributed by atoms with Crippen molar-refractivity contribution < 1.29 is 9.47 Å². The van der Waals surface area contributed by atoms with Gasteiger partial charge >= 0.3 is 0 Å². The SMILES string of the molecule is NC1=NC(N)(c2ccc(OCCCN3CCOCC3)cc2)NC=C1. The Kier molecular flexibility index (Phi) is 5.34. The van der Waals surface area contributed by atoms with Gasteiger partial charge in [0.05, 0.1) is 19.8 Å². The lowest BCUT2D eigenvalue weighted by Gasteiger charge is -2.28. The second kappa shape index (κ2) is 7.65. The summed E-state index contributed by atoms with van der Waals surface area (Å²) < 4.78 is 11.1. The molecule has 24 heavy (non-hydrogen) atoms. The average Bonchev–Trinajstić information content (AvgIpc) is 2.60. The molecule has 1 aromatic rings. The van der Waals surface area contributed by atoms with Gasteiger partial charge in [-0.3, -0.25) is 10.6 Å². The molecule has 7 heteroatoms. The molecule has 3 rings (SSSR count). The fraction of sp³-hybridized carbons (Fsp3) is 0.471. The molecule has 7 nitrogen and oxygen atoms in total. The number of morpholine rings is 1. The van der Waals surface area contributed by atoms with Crippen LogP contribution in [0.25, 0.3) is 0 Å². The summed E-state index contributed by atoms with van der Waals surface area (Å²) in [6, 6.07) is 7.62. The largest absolute Gasteiger partial charge is 0.494 e. The van der Waals surface area contributed by atoms with Crippen molar-refractivity contribution >= 4 is 5.84 Å². The van der Waals surface area contributed by atoms with Crippen LogP contribution in [-0.2, 0) is 10.5 Å². The van der Waals surface area contributed by atoms with Crippen LogP contribution in [0.2, 0.25) is 0 Å². The zero-order valence-corrected chi connectivity index (χ0v) is 13.8. The third-order valence-corrected chi connectivity index (χ3v) is 4.15. The Bertz CT molecular complexity index is 596. The molecule has 2 aliphatic rings. The van der Waals surface area contributed by atoms with Crippen LogP contribution in [0.3, 0.4) is 0 Å². The molecule has 2 heterocycles. The third kappa shape index (κ3) is 4.25. The van der Waals surface area contributed by atoms with Crippen LogP contribution in [0.15, 0.2) is 41.5 Å². The summed E-state index contributed by atoms with van der Waals surface area (Å²) in [6.45, 7) is 5.42. The van der Waals surface area contributed by atoms with Crippen molar-refractivity contribution in [2.45, 2.75) is 12.2 Å². The van der Waals surface area contributed by atoms with E-state index < -0.39 is 5.79 Å². The van der Waals surface area contributed by atoms with E-state index in [1.807, 2.05) is 24.3 Å². The number of amidine groups is 1. The zero-order chi connectivity index (χ0) is 16.8. The van der Waals surface area contributed by atoms with Crippen LogP contribution in [0.1, 0.15) is 12.0 Å². The molecule has 130 valence electrons. The lowest BCUT2D eigenvalue weighted by Crippen LogP contribution is -2.49. The highest BCUT2D eigenvalue weighted by atomic mass is 16.5. The lowest BCUT2D eigenvalue weighted by atomic mass is 10.1. The van der Waals surface area contributed by atoms with E-state index >= 15 is 0 Å². The predicted molar refractivity (Wildman–Crippen MR) is 93.6 cm³/mol. The minimum atomic E-state index is -1.02. The maximum atomic E-state index is 6.24. The van der Waals surface area contributed by atoms with Crippen molar-refractivity contribution in [3.63, 3.8) is 0 Å². The normalized spacial score (nSPS) is 24.3. The van der Waals surface area contributed by atoms with E-state index in [-0.39, 0.29) is 0 Å². The minimum absolute atomic E-state index is 0.402. The molecule has 1 atom stereocenters. The molecule has 1 unspecified atom stereocenters. The zero-order valence-electron chi connectivity index (χ0n) is 13.8. The van der Waals surface area contributed by atoms with Crippen LogP contribution in [0.5, 0.6) is 5.75 Å². The van der Waals surface area contributed by atoms with Crippen LogP contribution in [0.4, 0.5) is 0 Å². The van der Waals surface area contributed by atoms with Crippen LogP contribution < -0.4 is 21.5 Å². The van der Waals surface area contributed by atoms with Gasteiger partial charge in [0, 0.05) is 31.4 Å². The number of nitrogens with one attached hydrogen (secondary N) is 1. The first-order valence-corrected chi connectivity index (χ1v) is 8.28. The van der Waals surface area contributed by atoms with Crippen molar-refractivity contribution in [1.29, 1.82) is 0 Å². The molecule has 0 bridgehead atoms. The maximum Gasteiger partial charge on any atom is 0.211 e. The summed E-state index contributed by atoms with van der Waals surface area (Å²) >= 11 is 0. The van der Waals surface area contributed by atoms with Gasteiger partial charge in [-0.2, -0.15) is 0 Å². The summed E-state index contributed by atoms with van der Waals surface area (Å²) in [7, 11) is 0. The number of nitrogens with zero attached hydrogens (tertiary/aromatic N) is 2. The number of ether oxygens (including phenoxy) is 2. The highest BCUT2D eigenvalue weighted by Gasteiger charge is 2.27. The van der Waals surface area contributed by atoms with E-state index in [0.29, 0.717) is 12.4 Å². The van der Waals surface area contributed by atoms with Crippen molar-refractivity contribution in [2.24, 2.45) is 16.5 Å². The van der Waals surface area contributed by atoms with Gasteiger partial charge in [-0.05, 0) is 36.8 Å². The van der Waals surface area contributed by atoms with E-state index in [1.54, 1.807) is 12.3 Å². The molecule has 0 spiro atoms. The Hall–Kier alpha value is -2.09. The molecule has 1 saturated heterocycles. The van der Waals surface area contributed by atoms with Crippen LogP contribution >= 0.6 is 0 Å². The fourth-order valence-electron chi connectivity index (χ4n) is 2.78. The predicted octanol–water partition coefficient (Wildman–Crippen LogP) is 0.331. The molecule has 0 aliphatic carbocycles. The molecule has 0 radical (unpaired) electrons. The van der Waals surface area contributed by atoms with Gasteiger partial charge in [0.2, 0.25) is 5.79 Å². The molecule has 0 saturated carbocycles. The van der Waals surface area contributed by atoms with Gasteiger partial charge in [-0.25, -0.2) is 4.99 Å². The van der Waals surface area contributed by atoms with Gasteiger partial charge in [0.1, 0.15) is 11.6 Å². The van der Waals surface area contributed by atoms with Crippen LogP contribution in [-0.4, -0.2) is 50.2 Å². The summed E-state index contributed by atoms with van der Waals surface area (Å²) in [5, 5.41) is 3.02. The average molecular weight is 331 g/mol. The Morgan fingerprint density at radius 2 is 2.00 bits per heavy atom. The third-order valence-electron chi connectivity index (χ3n) is 4.15. The standard InChI is InChI=1S/C17H25N5O2/c18-16-6-7-20-17(19,21-16)14-2-4-15(5-3-14)24-11-1-8-22-9-12-23-13-10-22/h2-7,20H,1,8-13,19H2,(H2,18,21). The van der Waals surface area contributed by atoms with E-state index in [1.165, 1.54) is 0 Å². The molecule has 1 fully saturated rings. The molecular weight excluding hydrogens is 306 g/mol. The summed E-state index contributed by atoms with van der Waals surface area (Å²) in [5.74, 6) is 0.209. The number of hydrogen-bond acceptors (Lipinski definition) is 7. The minimum Gasteiger partial charge on any atom is -0.494 e. The lowest BCUT2D eigenvalue weighted by molar-refractivity contribution is 0.0358. The molecule has 1 aromatic carbocycles. The van der Waals surface area contributed by atoms with E-state index in [9.17, 15) is 0 Å². The van der Waals surface area contributed by atoms with Crippen LogP contribution in [0, 0.1) is 0 Å². The Labute approximate surface area is 142 Å². The summed E-state index contributed by atoms with van der Waals surface area (Å²) in [5.41, 5.74) is 12.8. The quantitative estimate of drug-likeness (QED) is 0.650. The monoisotopic (exact) mass is 331 g/mol. The summed E-state index contributed by atoms with van der Waals surface area (Å²) in [4.78, 5) is 6.66. The Balaban J connectivity index is 1.47. The van der Waals surface area contributed by atoms with Crippen molar-refractivity contribution in [2.75, 3.05) is 39.5 Å². The van der Waals surface area contributed by atoms with Gasteiger partial charge in [0.25, 0.3) is 0 Å². The van der Waals surface area contributed by atoms with Gasteiger partial charge in [-0.15, -0.1) is 0 Å². The smallest absolute Gasteiger partial charge is 0.211 e. The summed E-state index contributed by atoms with van der Waals surface area (Å²) in [6.07, 6.45) is 4.38. The number of aliphatic imine (C=N–C) groups is 1. The number of nitrogens with two attached hydrogens (primary N) is 2. The van der Waals surface area contributed by atoms with E-state index in [4.69, 9.17) is 20.9 Å². The van der Waals surface area contributed by atoms with E-state index in [0.717, 1.165) is 50.6 Å². The fourth-order valence-corrected chi connectivity index (χ4v) is 2.78. The van der Waals surface area contributed by atoms with Crippen molar-refractivity contribution in [3.05, 3.63) is 42.1 Å². The maximum absolute atomic E-state index is 6.24. The Morgan fingerprint density at radius 1 is 1.25 bits per heavy atom. The molecule has 0 aromatic heterocycles.